The topological polar surface area (TPSA) is 98.2 Å². The van der Waals surface area contributed by atoms with Gasteiger partial charge in [0.05, 0.1) is 17.1 Å². The van der Waals surface area contributed by atoms with Crippen LogP contribution in [0.3, 0.4) is 0 Å². The second-order valence-electron chi connectivity index (χ2n) is 3.03. The Morgan fingerprint density at radius 2 is 2.07 bits per heavy atom. The maximum Gasteiger partial charge on any atom is 0.210 e. The minimum absolute atomic E-state index is 0.0898. The van der Waals surface area contributed by atoms with Crippen molar-refractivity contribution in [2.45, 2.75) is 0 Å². The minimum Gasteiger partial charge on any atom is -0.397 e. The molecule has 1 aromatic carbocycles. The highest BCUT2D eigenvalue weighted by molar-refractivity contribution is 7.89. The van der Waals surface area contributed by atoms with E-state index in [1.165, 1.54) is 18.2 Å². The van der Waals surface area contributed by atoms with Crippen molar-refractivity contribution in [1.82, 2.24) is 0 Å². The van der Waals surface area contributed by atoms with Gasteiger partial charge in [-0.15, -0.1) is 0 Å². The van der Waals surface area contributed by atoms with Crippen molar-refractivity contribution < 1.29 is 12.8 Å². The molecule has 0 saturated carbocycles. The van der Waals surface area contributed by atoms with Gasteiger partial charge in [-0.05, 0) is 18.2 Å². The van der Waals surface area contributed by atoms with Gasteiger partial charge in [0.15, 0.2) is 0 Å². The molecule has 0 spiro atoms. The van der Waals surface area contributed by atoms with Crippen LogP contribution in [0.1, 0.15) is 0 Å². The van der Waals surface area contributed by atoms with Crippen molar-refractivity contribution in [3.8, 4) is 0 Å². The first kappa shape index (κ1) is 11.7. The summed E-state index contributed by atoms with van der Waals surface area (Å²) >= 11 is 0. The molecule has 0 aliphatic carbocycles. The monoisotopic (exact) mass is 233 g/mol. The lowest BCUT2D eigenvalue weighted by Gasteiger charge is -2.08. The van der Waals surface area contributed by atoms with Crippen molar-refractivity contribution in [2.24, 2.45) is 5.14 Å². The number of benzene rings is 1. The average molecular weight is 233 g/mol. The van der Waals surface area contributed by atoms with Crippen LogP contribution in [0.2, 0.25) is 0 Å². The molecular weight excluding hydrogens is 221 g/mol. The van der Waals surface area contributed by atoms with Crippen LogP contribution in [0.25, 0.3) is 0 Å². The van der Waals surface area contributed by atoms with Crippen LogP contribution in [0.5, 0.6) is 0 Å². The Morgan fingerprint density at radius 3 is 2.67 bits per heavy atom. The molecule has 0 bridgehead atoms. The molecule has 0 heterocycles. The zero-order valence-electron chi connectivity index (χ0n) is 7.90. The molecule has 0 saturated heterocycles. The number of rotatable bonds is 4. The van der Waals surface area contributed by atoms with Gasteiger partial charge in [0.2, 0.25) is 10.0 Å². The normalized spacial score (nSPS) is 11.3. The Labute approximate surface area is 87.3 Å². The Kier molecular flexibility index (Phi) is 3.48. The molecule has 0 atom stereocenters. The van der Waals surface area contributed by atoms with Gasteiger partial charge in [0.1, 0.15) is 5.82 Å². The van der Waals surface area contributed by atoms with Crippen molar-refractivity contribution in [3.05, 3.63) is 24.0 Å². The average Bonchev–Trinajstić information content (AvgIpc) is 2.09. The predicted octanol–water partition coefficient (Wildman–Crippen LogP) is 0.108. The molecule has 1 rings (SSSR count). The highest BCUT2D eigenvalue weighted by Gasteiger charge is 2.04. The second kappa shape index (κ2) is 4.45. The molecule has 0 unspecified atom stereocenters. The van der Waals surface area contributed by atoms with E-state index in [-0.39, 0.29) is 12.3 Å². The maximum absolute atomic E-state index is 12.8. The van der Waals surface area contributed by atoms with E-state index in [4.69, 9.17) is 10.9 Å². The quantitative estimate of drug-likeness (QED) is 0.643. The van der Waals surface area contributed by atoms with Crippen LogP contribution in [-0.4, -0.2) is 20.7 Å². The van der Waals surface area contributed by atoms with Crippen LogP contribution in [0.4, 0.5) is 15.8 Å². The van der Waals surface area contributed by atoms with E-state index in [1.54, 1.807) is 0 Å². The van der Waals surface area contributed by atoms with Crippen LogP contribution in [0.15, 0.2) is 18.2 Å². The molecule has 5 N–H and O–H groups in total. The van der Waals surface area contributed by atoms with E-state index in [9.17, 15) is 12.8 Å². The lowest BCUT2D eigenvalue weighted by atomic mass is 10.2. The number of sulfonamides is 1. The Balaban J connectivity index is 2.61. The fourth-order valence-electron chi connectivity index (χ4n) is 1.01. The van der Waals surface area contributed by atoms with Gasteiger partial charge < -0.3 is 11.1 Å². The zero-order chi connectivity index (χ0) is 11.5. The van der Waals surface area contributed by atoms with Gasteiger partial charge in [-0.2, -0.15) is 0 Å². The molecule has 15 heavy (non-hydrogen) atoms. The number of nitrogens with two attached hydrogens (primary N) is 2. The van der Waals surface area contributed by atoms with Gasteiger partial charge in [0, 0.05) is 6.54 Å². The number of halogens is 1. The molecule has 0 aromatic heterocycles. The fourth-order valence-corrected chi connectivity index (χ4v) is 1.40. The van der Waals surface area contributed by atoms with E-state index in [0.29, 0.717) is 11.4 Å². The predicted molar refractivity (Wildman–Crippen MR) is 57.3 cm³/mol. The highest BCUT2D eigenvalue weighted by Crippen LogP contribution is 2.18. The first-order valence-corrected chi connectivity index (χ1v) is 5.89. The summed E-state index contributed by atoms with van der Waals surface area (Å²) < 4.78 is 34.0. The van der Waals surface area contributed by atoms with E-state index in [2.05, 4.69) is 5.32 Å². The second-order valence-corrected chi connectivity index (χ2v) is 4.76. The van der Waals surface area contributed by atoms with E-state index in [0.717, 1.165) is 0 Å². The molecule has 7 heteroatoms. The summed E-state index contributed by atoms with van der Waals surface area (Å²) in [5, 5.41) is 7.48. The summed E-state index contributed by atoms with van der Waals surface area (Å²) in [4.78, 5) is 0. The molecule has 5 nitrogen and oxygen atoms in total. The molecule has 0 fully saturated rings. The third-order valence-corrected chi connectivity index (χ3v) is 2.49. The number of anilines is 2. The first-order chi connectivity index (χ1) is 6.88. The highest BCUT2D eigenvalue weighted by atomic mass is 32.2. The largest absolute Gasteiger partial charge is 0.397 e. The van der Waals surface area contributed by atoms with E-state index < -0.39 is 15.8 Å². The Morgan fingerprint density at radius 1 is 1.40 bits per heavy atom. The lowest BCUT2D eigenvalue weighted by molar-refractivity contribution is 0.598. The molecule has 0 aliphatic rings. The van der Waals surface area contributed by atoms with E-state index >= 15 is 0 Å². The van der Waals surface area contributed by atoms with Crippen molar-refractivity contribution in [3.63, 3.8) is 0 Å². The number of hydrogen-bond acceptors (Lipinski definition) is 4. The molecule has 1 aromatic rings. The zero-order valence-corrected chi connectivity index (χ0v) is 8.72. The third kappa shape index (κ3) is 4.13. The molecule has 0 aliphatic heterocycles. The van der Waals surface area contributed by atoms with Crippen molar-refractivity contribution in [2.75, 3.05) is 23.3 Å². The van der Waals surface area contributed by atoms with Gasteiger partial charge in [-0.3, -0.25) is 0 Å². The van der Waals surface area contributed by atoms with Crippen LogP contribution in [-0.2, 0) is 10.0 Å². The van der Waals surface area contributed by atoms with Gasteiger partial charge >= 0.3 is 0 Å². The summed E-state index contributed by atoms with van der Waals surface area (Å²) in [6.07, 6.45) is 0. The summed E-state index contributed by atoms with van der Waals surface area (Å²) in [5.74, 6) is -0.675. The standard InChI is InChI=1S/C8H12FN3O2S/c9-6-1-2-7(10)8(5-6)12-3-4-15(11,13)14/h1-2,5,12H,3-4,10H2,(H2,11,13,14). The van der Waals surface area contributed by atoms with Crippen LogP contribution in [0, 0.1) is 5.82 Å². The number of hydrogen-bond donors (Lipinski definition) is 3. The van der Waals surface area contributed by atoms with Crippen LogP contribution < -0.4 is 16.2 Å². The summed E-state index contributed by atoms with van der Waals surface area (Å²) in [7, 11) is -3.51. The Hall–Kier alpha value is -1.34. The van der Waals surface area contributed by atoms with E-state index in [1.807, 2.05) is 0 Å². The summed E-state index contributed by atoms with van der Waals surface area (Å²) in [6.45, 7) is 0.0898. The summed E-state index contributed by atoms with van der Waals surface area (Å²) in [6, 6.07) is 3.81. The number of nitrogens with one attached hydrogen (secondary N) is 1. The van der Waals surface area contributed by atoms with Gasteiger partial charge in [0.25, 0.3) is 0 Å². The molecule has 0 amide bonds. The fraction of sp³-hybridized carbons (Fsp3) is 0.250. The van der Waals surface area contributed by atoms with Gasteiger partial charge in [-0.1, -0.05) is 0 Å². The van der Waals surface area contributed by atoms with Crippen LogP contribution >= 0.6 is 0 Å². The number of primary sulfonamides is 1. The Bertz CT molecular complexity index is 447. The third-order valence-electron chi connectivity index (χ3n) is 1.72. The smallest absolute Gasteiger partial charge is 0.210 e. The molecular formula is C8H12FN3O2S. The number of nitrogen functional groups attached to an aromatic ring is 1. The summed E-state index contributed by atoms with van der Waals surface area (Å²) in [5.41, 5.74) is 6.24. The van der Waals surface area contributed by atoms with Gasteiger partial charge in [-0.25, -0.2) is 17.9 Å². The van der Waals surface area contributed by atoms with Crippen molar-refractivity contribution in [1.29, 1.82) is 0 Å². The molecule has 0 radical (unpaired) electrons. The lowest BCUT2D eigenvalue weighted by Crippen LogP contribution is -2.22. The molecule has 84 valence electrons. The minimum atomic E-state index is -3.51. The maximum atomic E-state index is 12.8. The first-order valence-electron chi connectivity index (χ1n) is 4.18. The van der Waals surface area contributed by atoms with Crippen molar-refractivity contribution >= 4 is 21.4 Å². The SMILES string of the molecule is Nc1ccc(F)cc1NCCS(N)(=O)=O.